The normalized spacial score (nSPS) is 9.67. The predicted molar refractivity (Wildman–Crippen MR) is 215 cm³/mol. The van der Waals surface area contributed by atoms with Crippen LogP contribution in [0.5, 0.6) is 0 Å². The van der Waals surface area contributed by atoms with E-state index in [2.05, 4.69) is 46.5 Å². The molecule has 4 heterocycles. The molecule has 6 rings (SSSR count). The van der Waals surface area contributed by atoms with Gasteiger partial charge in [0, 0.05) is 42.4 Å². The lowest BCUT2D eigenvalue weighted by Gasteiger charge is -2.15. The van der Waals surface area contributed by atoms with Crippen molar-refractivity contribution in [2.45, 2.75) is 20.8 Å². The van der Waals surface area contributed by atoms with E-state index in [1.165, 1.54) is 36.7 Å². The lowest BCUT2D eigenvalue weighted by atomic mass is 10.1. The molecule has 0 radical (unpaired) electrons. The van der Waals surface area contributed by atoms with Crippen molar-refractivity contribution in [2.75, 3.05) is 27.8 Å². The van der Waals surface area contributed by atoms with Crippen LogP contribution in [0.4, 0.5) is 54.8 Å². The molecule has 0 atom stereocenters. The second-order valence-electron chi connectivity index (χ2n) is 11.4. The summed E-state index contributed by atoms with van der Waals surface area (Å²) in [5, 5.41) is 24.5. The first-order valence-electron chi connectivity index (χ1n) is 16.7. The number of carbonyl (C=O) groups is 2. The SMILES string of the molecule is CCNC(=O)c1cnc(Nc2ccc(F)cn2)cc1Nc1ccccc1C.Cc1ccccc1Nc1cc(Nc2ccc(F)cn2)ncc1C(=O)O.O=S=O.O=S=O. The van der Waals surface area contributed by atoms with Crippen LogP contribution in [0.3, 0.4) is 0 Å². The Balaban J connectivity index is 0.000000274. The first kappa shape index (κ1) is 45.1. The summed E-state index contributed by atoms with van der Waals surface area (Å²) < 4.78 is 59.1. The second-order valence-corrected chi connectivity index (χ2v) is 11.7. The number of aromatic nitrogens is 4. The molecule has 2 aromatic carbocycles. The molecular formula is C38H35F2N9O7S2. The Labute approximate surface area is 337 Å². The number of para-hydroxylation sites is 2. The molecule has 1 amide bonds. The smallest absolute Gasteiger partial charge is 0.339 e. The zero-order valence-corrected chi connectivity index (χ0v) is 32.5. The van der Waals surface area contributed by atoms with Gasteiger partial charge in [-0.15, -0.1) is 0 Å². The summed E-state index contributed by atoms with van der Waals surface area (Å²) in [4.78, 5) is 40.0. The van der Waals surface area contributed by atoms with Crippen LogP contribution in [0, 0.1) is 25.5 Å². The number of amides is 1. The summed E-state index contributed by atoms with van der Waals surface area (Å²) in [6.07, 6.45) is 4.96. The van der Waals surface area contributed by atoms with Gasteiger partial charge in [0.05, 0.1) is 29.3 Å². The Hall–Kier alpha value is -7.32. The number of hydrogen-bond donors (Lipinski definition) is 6. The minimum atomic E-state index is -1.09. The third-order valence-electron chi connectivity index (χ3n) is 7.42. The molecule has 0 fully saturated rings. The van der Waals surface area contributed by atoms with Gasteiger partial charge in [0.2, 0.25) is 0 Å². The summed E-state index contributed by atoms with van der Waals surface area (Å²) in [5.41, 5.74) is 5.17. The summed E-state index contributed by atoms with van der Waals surface area (Å²) in [5.74, 6) is -0.431. The molecule has 0 spiro atoms. The number of carbonyl (C=O) groups excluding carboxylic acids is 1. The Bertz CT molecular complexity index is 2370. The fourth-order valence-corrected chi connectivity index (χ4v) is 4.74. The van der Waals surface area contributed by atoms with Gasteiger partial charge in [-0.2, -0.15) is 16.8 Å². The van der Waals surface area contributed by atoms with Gasteiger partial charge >= 0.3 is 29.1 Å². The van der Waals surface area contributed by atoms with Gasteiger partial charge in [-0.3, -0.25) is 4.79 Å². The van der Waals surface area contributed by atoms with Gasteiger partial charge < -0.3 is 31.7 Å². The number of nitrogens with one attached hydrogen (secondary N) is 5. The van der Waals surface area contributed by atoms with E-state index < -0.39 is 40.7 Å². The fraction of sp³-hybridized carbons (Fsp3) is 0.105. The van der Waals surface area contributed by atoms with Crippen molar-refractivity contribution in [3.63, 3.8) is 0 Å². The topological polar surface area (TPSA) is 234 Å². The Morgan fingerprint density at radius 3 is 1.34 bits per heavy atom. The minimum absolute atomic E-state index is 0.0425. The molecule has 0 unspecified atom stereocenters. The zero-order valence-electron chi connectivity index (χ0n) is 30.9. The van der Waals surface area contributed by atoms with Gasteiger partial charge in [-0.25, -0.2) is 33.5 Å². The van der Waals surface area contributed by atoms with Gasteiger partial charge in [0.25, 0.3) is 5.91 Å². The van der Waals surface area contributed by atoms with Gasteiger partial charge in [-0.05, 0) is 68.3 Å². The van der Waals surface area contributed by atoms with Crippen LogP contribution in [0.1, 0.15) is 38.8 Å². The highest BCUT2D eigenvalue weighted by atomic mass is 32.1. The molecule has 58 heavy (non-hydrogen) atoms. The van der Waals surface area contributed by atoms with E-state index in [9.17, 15) is 23.5 Å². The average Bonchev–Trinajstić information content (AvgIpc) is 3.19. The largest absolute Gasteiger partial charge is 0.478 e. The maximum Gasteiger partial charge on any atom is 0.339 e. The number of nitrogens with zero attached hydrogens (tertiary/aromatic N) is 4. The monoisotopic (exact) mass is 831 g/mol. The van der Waals surface area contributed by atoms with E-state index in [0.29, 0.717) is 46.8 Å². The number of aromatic carboxylic acids is 1. The lowest BCUT2D eigenvalue weighted by Crippen LogP contribution is -2.24. The number of hydrogen-bond acceptors (Lipinski definition) is 14. The van der Waals surface area contributed by atoms with Crippen molar-refractivity contribution in [3.8, 4) is 0 Å². The maximum atomic E-state index is 13.0. The summed E-state index contributed by atoms with van der Waals surface area (Å²) >= 11 is -1.50. The van der Waals surface area contributed by atoms with E-state index in [1.54, 1.807) is 12.1 Å². The molecule has 16 nitrogen and oxygen atoms in total. The van der Waals surface area contributed by atoms with E-state index in [-0.39, 0.29) is 11.5 Å². The van der Waals surface area contributed by atoms with Crippen LogP contribution in [-0.2, 0) is 23.1 Å². The molecule has 6 aromatic rings. The third-order valence-corrected chi connectivity index (χ3v) is 7.42. The van der Waals surface area contributed by atoms with Crippen LogP contribution in [0.2, 0.25) is 0 Å². The van der Waals surface area contributed by atoms with Crippen molar-refractivity contribution < 1.29 is 40.3 Å². The summed E-state index contributed by atoms with van der Waals surface area (Å²) in [7, 11) is 0. The number of pyridine rings is 4. The van der Waals surface area contributed by atoms with Crippen LogP contribution in [0.25, 0.3) is 0 Å². The van der Waals surface area contributed by atoms with Crippen LogP contribution >= 0.6 is 0 Å². The number of halogens is 2. The quantitative estimate of drug-likeness (QED) is 0.0777. The molecule has 6 N–H and O–H groups in total. The molecule has 0 aliphatic carbocycles. The highest BCUT2D eigenvalue weighted by molar-refractivity contribution is 7.51. The average molecular weight is 832 g/mol. The Morgan fingerprint density at radius 2 is 0.966 bits per heavy atom. The number of anilines is 8. The molecule has 4 aromatic heterocycles. The highest BCUT2D eigenvalue weighted by Crippen LogP contribution is 2.28. The van der Waals surface area contributed by atoms with Crippen molar-refractivity contribution in [1.82, 2.24) is 25.3 Å². The van der Waals surface area contributed by atoms with Crippen molar-refractivity contribution in [3.05, 3.63) is 144 Å². The molecular weight excluding hydrogens is 797 g/mol. The van der Waals surface area contributed by atoms with Crippen molar-refractivity contribution >= 4 is 81.0 Å². The molecule has 300 valence electrons. The molecule has 0 aliphatic rings. The zero-order chi connectivity index (χ0) is 42.5. The summed E-state index contributed by atoms with van der Waals surface area (Å²) in [6.45, 7) is 6.28. The highest BCUT2D eigenvalue weighted by Gasteiger charge is 2.15. The molecule has 0 saturated carbocycles. The van der Waals surface area contributed by atoms with Crippen LogP contribution in [0.15, 0.2) is 110 Å². The van der Waals surface area contributed by atoms with E-state index in [1.807, 2.05) is 69.3 Å². The van der Waals surface area contributed by atoms with Crippen molar-refractivity contribution in [1.29, 1.82) is 0 Å². The summed E-state index contributed by atoms with van der Waals surface area (Å²) in [6, 6.07) is 24.2. The van der Waals surface area contributed by atoms with E-state index in [0.717, 1.165) is 34.9 Å². The van der Waals surface area contributed by atoms with Crippen LogP contribution < -0.4 is 26.6 Å². The number of benzene rings is 2. The van der Waals surface area contributed by atoms with Crippen molar-refractivity contribution in [2.24, 2.45) is 0 Å². The number of carboxylic acids is 1. The van der Waals surface area contributed by atoms with Gasteiger partial charge in [-0.1, -0.05) is 36.4 Å². The van der Waals surface area contributed by atoms with E-state index >= 15 is 0 Å². The molecule has 0 bridgehead atoms. The molecule has 0 aliphatic heterocycles. The van der Waals surface area contributed by atoms with Crippen LogP contribution in [-0.4, -0.2) is 60.3 Å². The molecule has 20 heteroatoms. The van der Waals surface area contributed by atoms with E-state index in [4.69, 9.17) is 16.8 Å². The number of rotatable bonds is 11. The Morgan fingerprint density at radius 1 is 0.569 bits per heavy atom. The lowest BCUT2D eigenvalue weighted by molar-refractivity contribution is 0.0697. The fourth-order valence-electron chi connectivity index (χ4n) is 4.74. The maximum absolute atomic E-state index is 13.0. The van der Waals surface area contributed by atoms with Gasteiger partial charge in [0.15, 0.2) is 0 Å². The predicted octanol–water partition coefficient (Wildman–Crippen LogP) is 6.93. The third kappa shape index (κ3) is 14.4. The number of aryl methyl sites for hydroxylation is 2. The van der Waals surface area contributed by atoms with Gasteiger partial charge in [0.1, 0.15) is 40.5 Å². The standard InChI is InChI=1S/C20H20FN5O.C18H15FN4O2.2O2S/c1-3-22-20(27)15-12-24-19(26-18-9-8-14(21)11-23-18)10-17(15)25-16-7-5-4-6-13(16)2;1-11-4-2-3-5-14(11)22-15-8-17(21-10-13(15)18(24)25)23-16-7-6-12(19)9-20-16;2*1-3-2/h4-12H,3H2,1-2H3,(H,22,27)(H2,23,24,25,26);2-10H,1H3,(H,24,25)(H2,20,21,22,23);;. The second kappa shape index (κ2) is 23.6. The molecule has 0 saturated heterocycles. The minimum Gasteiger partial charge on any atom is -0.478 e. The number of carboxylic acid groups (broad SMARTS) is 1. The first-order valence-corrected chi connectivity index (χ1v) is 18.0. The first-order chi connectivity index (χ1) is 27.9. The Kier molecular flexibility index (Phi) is 18.3.